The maximum absolute atomic E-state index is 5.28. The van der Waals surface area contributed by atoms with Crippen LogP contribution in [0.15, 0.2) is 133 Å². The first-order chi connectivity index (χ1) is 25.3. The average Bonchev–Trinajstić information content (AvgIpc) is 3.89. The van der Waals surface area contributed by atoms with Gasteiger partial charge in [-0.1, -0.05) is 123 Å². The van der Waals surface area contributed by atoms with Crippen LogP contribution in [0.4, 0.5) is 0 Å². The van der Waals surface area contributed by atoms with E-state index in [-0.39, 0.29) is 0 Å². The van der Waals surface area contributed by atoms with Gasteiger partial charge in [0.1, 0.15) is 0 Å². The Morgan fingerprint density at radius 2 is 1.22 bits per heavy atom. The Morgan fingerprint density at radius 3 is 2.00 bits per heavy atom. The second kappa shape index (κ2) is 12.0. The first-order valence-electron chi connectivity index (χ1n) is 17.6. The van der Waals surface area contributed by atoms with Crippen molar-refractivity contribution in [2.24, 2.45) is 0 Å². The third kappa shape index (κ3) is 4.53. The second-order valence-electron chi connectivity index (χ2n) is 12.6. The number of para-hydroxylation sites is 1. The molecule has 0 saturated carbocycles. The number of rotatable bonds is 3. The molecule has 6 heteroatoms. The van der Waals surface area contributed by atoms with E-state index < -0.39 is 0 Å². The van der Waals surface area contributed by atoms with Crippen LogP contribution < -0.4 is 0 Å². The molecule has 0 radical (unpaired) electrons. The van der Waals surface area contributed by atoms with Crippen LogP contribution in [0.25, 0.3) is 95.8 Å². The highest BCUT2D eigenvalue weighted by atomic mass is 32.1. The van der Waals surface area contributed by atoms with Gasteiger partial charge in [0.15, 0.2) is 11.6 Å². The lowest BCUT2D eigenvalue weighted by Gasteiger charge is -2.14. The topological polar surface area (TPSA) is 43.6 Å². The largest absolute Gasteiger partial charge is 0.277 e. The molecule has 0 fully saturated rings. The predicted octanol–water partition coefficient (Wildman–Crippen LogP) is 13.3. The molecule has 10 aromatic rings. The average molecular weight is 693 g/mol. The molecule has 51 heavy (non-hydrogen) atoms. The minimum Gasteiger partial charge on any atom is -0.277 e. The molecule has 4 heterocycles. The Bertz CT molecular complexity index is 3050. The maximum Gasteiger partial charge on any atom is 0.238 e. The van der Waals surface area contributed by atoms with Crippen LogP contribution in [0.2, 0.25) is 0 Å². The summed E-state index contributed by atoms with van der Waals surface area (Å²) in [6.45, 7) is 4.00. The van der Waals surface area contributed by atoms with Gasteiger partial charge < -0.3 is 0 Å². The molecular weight excluding hydrogens is 661 g/mol. The zero-order valence-electron chi connectivity index (χ0n) is 28.2. The Morgan fingerprint density at radius 1 is 0.529 bits per heavy atom. The van der Waals surface area contributed by atoms with Gasteiger partial charge in [0.05, 0.1) is 11.0 Å². The molecule has 0 atom stereocenters. The highest BCUT2D eigenvalue weighted by molar-refractivity contribution is 7.27. The summed E-state index contributed by atoms with van der Waals surface area (Å²) in [6, 6.07) is 41.4. The summed E-state index contributed by atoms with van der Waals surface area (Å²) in [5, 5.41) is 10.2. The van der Waals surface area contributed by atoms with Crippen molar-refractivity contribution < 1.29 is 0 Å². The molecule has 0 saturated heterocycles. The lowest BCUT2D eigenvalue weighted by atomic mass is 9.96. The van der Waals surface area contributed by atoms with Crippen LogP contribution in [0, 0.1) is 0 Å². The number of hydrogen-bond acceptors (Lipinski definition) is 5. The van der Waals surface area contributed by atoms with Crippen molar-refractivity contribution in [1.29, 1.82) is 0 Å². The van der Waals surface area contributed by atoms with E-state index in [2.05, 4.69) is 120 Å². The molecule has 6 aromatic carbocycles. The van der Waals surface area contributed by atoms with Gasteiger partial charge in [-0.3, -0.25) is 4.57 Å². The first-order valence-corrected chi connectivity index (χ1v) is 19.2. The van der Waals surface area contributed by atoms with E-state index >= 15 is 0 Å². The zero-order valence-corrected chi connectivity index (χ0v) is 29.9. The predicted molar refractivity (Wildman–Crippen MR) is 221 cm³/mol. The van der Waals surface area contributed by atoms with Crippen molar-refractivity contribution >= 4 is 101 Å². The van der Waals surface area contributed by atoms with Crippen LogP contribution in [0.5, 0.6) is 0 Å². The molecule has 0 bridgehead atoms. The Hall–Kier alpha value is -5.69. The number of benzene rings is 6. The van der Waals surface area contributed by atoms with Crippen molar-refractivity contribution in [3.63, 3.8) is 0 Å². The molecule has 0 aliphatic heterocycles. The zero-order chi connectivity index (χ0) is 34.1. The molecule has 1 aliphatic carbocycles. The highest BCUT2D eigenvalue weighted by Crippen LogP contribution is 2.51. The molecule has 0 spiro atoms. The van der Waals surface area contributed by atoms with Crippen LogP contribution in [0.1, 0.15) is 32.5 Å². The van der Waals surface area contributed by atoms with Gasteiger partial charge in [-0.2, -0.15) is 9.97 Å². The standard InChI is InChI=1S/C43H26N4S2.C2H6/c1-3-13-25(14-4-1)41-44-42(26-15-5-2-6-16-26)46-43(45-41)47-31-20-10-7-17-27(31)38-39(47)30-23-24-34-35(28-18-8-11-21-32(28)48-34)36(30)37-29-19-9-12-22-33(29)49-40(37)38;1-2/h1,3-5,7-24H,2,6H2;1-2H3. The maximum atomic E-state index is 5.28. The molecule has 244 valence electrons. The van der Waals surface area contributed by atoms with Crippen molar-refractivity contribution in [2.75, 3.05) is 0 Å². The third-order valence-corrected chi connectivity index (χ3v) is 12.2. The third-order valence-electron chi connectivity index (χ3n) is 9.85. The Kier molecular flexibility index (Phi) is 7.08. The first kappa shape index (κ1) is 30.2. The van der Waals surface area contributed by atoms with E-state index in [1.165, 1.54) is 61.9 Å². The van der Waals surface area contributed by atoms with Gasteiger partial charge in [-0.15, -0.1) is 22.7 Å². The number of thiophene rings is 2. The second-order valence-corrected chi connectivity index (χ2v) is 14.8. The van der Waals surface area contributed by atoms with Crippen LogP contribution in [0.3, 0.4) is 0 Å². The fourth-order valence-electron chi connectivity index (χ4n) is 7.77. The van der Waals surface area contributed by atoms with E-state index in [1.54, 1.807) is 0 Å². The number of fused-ring (bicyclic) bond motifs is 14. The summed E-state index contributed by atoms with van der Waals surface area (Å²) in [5.41, 5.74) is 4.23. The lowest BCUT2D eigenvalue weighted by Crippen LogP contribution is -2.08. The van der Waals surface area contributed by atoms with Gasteiger partial charge in [-0.05, 0) is 37.1 Å². The summed E-state index contributed by atoms with van der Waals surface area (Å²) in [4.78, 5) is 15.6. The molecule has 4 aromatic heterocycles. The van der Waals surface area contributed by atoms with Gasteiger partial charge in [0, 0.05) is 73.0 Å². The number of allylic oxidation sites excluding steroid dienone is 4. The number of aromatic nitrogens is 4. The fourth-order valence-corrected chi connectivity index (χ4v) is 10.1. The highest BCUT2D eigenvalue weighted by Gasteiger charge is 2.25. The normalized spacial score (nSPS) is 13.2. The lowest BCUT2D eigenvalue weighted by molar-refractivity contribution is 0.929. The van der Waals surface area contributed by atoms with E-state index in [9.17, 15) is 0 Å². The van der Waals surface area contributed by atoms with Gasteiger partial charge in [-0.25, -0.2) is 4.98 Å². The van der Waals surface area contributed by atoms with Crippen LogP contribution in [-0.4, -0.2) is 19.5 Å². The molecule has 4 nitrogen and oxygen atoms in total. The molecular formula is C45H32N4S2. The van der Waals surface area contributed by atoms with E-state index in [4.69, 9.17) is 15.0 Å². The van der Waals surface area contributed by atoms with E-state index in [0.29, 0.717) is 17.6 Å². The van der Waals surface area contributed by atoms with Crippen molar-refractivity contribution in [1.82, 2.24) is 19.5 Å². The Balaban J connectivity index is 0.00000161. The quantitative estimate of drug-likeness (QED) is 0.185. The van der Waals surface area contributed by atoms with E-state index in [1.807, 2.05) is 54.7 Å². The van der Waals surface area contributed by atoms with Gasteiger partial charge in [0.2, 0.25) is 5.95 Å². The molecule has 11 rings (SSSR count). The summed E-state index contributed by atoms with van der Waals surface area (Å²) >= 11 is 3.76. The summed E-state index contributed by atoms with van der Waals surface area (Å²) in [6.07, 6.45) is 8.61. The molecule has 1 aliphatic rings. The van der Waals surface area contributed by atoms with Crippen molar-refractivity contribution in [3.05, 3.63) is 139 Å². The van der Waals surface area contributed by atoms with Crippen molar-refractivity contribution in [3.8, 4) is 17.3 Å². The smallest absolute Gasteiger partial charge is 0.238 e. The number of nitrogens with zero attached hydrogens (tertiary/aromatic N) is 4. The molecule has 0 unspecified atom stereocenters. The van der Waals surface area contributed by atoms with Gasteiger partial charge in [0.25, 0.3) is 0 Å². The summed E-state index contributed by atoms with van der Waals surface area (Å²) in [5.74, 6) is 2.00. The minimum absolute atomic E-state index is 0.631. The van der Waals surface area contributed by atoms with Crippen LogP contribution >= 0.6 is 22.7 Å². The minimum atomic E-state index is 0.631. The SMILES string of the molecule is C1=CC(c2nc(-c3ccccc3)nc(-n3c4ccccc4c4c5sc6ccccc6c5c5c(ccc6sc7ccccc7c65)c43)n2)=CCC1.CC. The number of hydrogen-bond donors (Lipinski definition) is 0. The summed E-state index contributed by atoms with van der Waals surface area (Å²) in [7, 11) is 0. The monoisotopic (exact) mass is 692 g/mol. The fraction of sp³-hybridized carbons (Fsp3) is 0.0889. The molecule has 0 amide bonds. The van der Waals surface area contributed by atoms with Crippen molar-refractivity contribution in [2.45, 2.75) is 26.7 Å². The summed E-state index contributed by atoms with van der Waals surface area (Å²) < 4.78 is 7.52. The Labute approximate surface area is 302 Å². The van der Waals surface area contributed by atoms with E-state index in [0.717, 1.165) is 35.0 Å². The van der Waals surface area contributed by atoms with Crippen LogP contribution in [-0.2, 0) is 0 Å². The van der Waals surface area contributed by atoms with Gasteiger partial charge >= 0.3 is 0 Å². The molecule has 0 N–H and O–H groups in total.